The molecule has 1 aromatic carbocycles. The second-order valence-corrected chi connectivity index (χ2v) is 9.56. The number of hydrogen-bond donors (Lipinski definition) is 1. The molecule has 1 aliphatic heterocycles. The fourth-order valence-electron chi connectivity index (χ4n) is 3.99. The topological polar surface area (TPSA) is 82.7 Å². The van der Waals surface area contributed by atoms with Crippen LogP contribution in [0.2, 0.25) is 0 Å². The number of rotatable bonds is 6. The van der Waals surface area contributed by atoms with Gasteiger partial charge in [-0.1, -0.05) is 0 Å². The van der Waals surface area contributed by atoms with Crippen molar-refractivity contribution in [3.63, 3.8) is 0 Å². The van der Waals surface area contributed by atoms with Gasteiger partial charge < -0.3 is 9.72 Å². The second kappa shape index (κ2) is 8.30. The van der Waals surface area contributed by atoms with Crippen LogP contribution in [-0.4, -0.2) is 68.2 Å². The van der Waals surface area contributed by atoms with Gasteiger partial charge >= 0.3 is 0 Å². The number of piperazine rings is 1. The van der Waals surface area contributed by atoms with E-state index in [9.17, 15) is 13.2 Å². The number of hydrogen-bond acceptors (Lipinski definition) is 5. The number of benzene rings is 1. The molecule has 1 fully saturated rings. The van der Waals surface area contributed by atoms with Gasteiger partial charge in [-0.3, -0.25) is 9.69 Å². The number of ether oxygens (including phenoxy) is 1. The molecule has 0 amide bonds. The summed E-state index contributed by atoms with van der Waals surface area (Å²) in [5.74, 6) is 0.711. The van der Waals surface area contributed by atoms with Gasteiger partial charge in [-0.25, -0.2) is 8.42 Å². The van der Waals surface area contributed by atoms with Gasteiger partial charge in [0.15, 0.2) is 5.78 Å². The molecule has 0 aliphatic carbocycles. The van der Waals surface area contributed by atoms with Gasteiger partial charge in [0.05, 0.1) is 18.6 Å². The Labute approximate surface area is 172 Å². The van der Waals surface area contributed by atoms with Crippen LogP contribution in [0.25, 0.3) is 0 Å². The predicted octanol–water partition coefficient (Wildman–Crippen LogP) is 2.45. The number of carbonyl (C=O) groups is 1. The minimum atomic E-state index is -3.59. The Kier molecular flexibility index (Phi) is 6.16. The van der Waals surface area contributed by atoms with Crippen molar-refractivity contribution in [2.45, 2.75) is 32.6 Å². The highest BCUT2D eigenvalue weighted by molar-refractivity contribution is 7.89. The van der Waals surface area contributed by atoms with Crippen LogP contribution in [0.1, 0.15) is 32.9 Å². The van der Waals surface area contributed by atoms with Crippen molar-refractivity contribution in [3.05, 3.63) is 46.3 Å². The van der Waals surface area contributed by atoms with Crippen molar-refractivity contribution >= 4 is 15.8 Å². The quantitative estimate of drug-likeness (QED) is 0.728. The average Bonchev–Trinajstić information content (AvgIpc) is 2.99. The lowest BCUT2D eigenvalue weighted by Gasteiger charge is -2.34. The number of aromatic amines is 1. The number of H-pyrrole nitrogens is 1. The van der Waals surface area contributed by atoms with E-state index in [2.05, 4.69) is 4.98 Å². The molecule has 158 valence electrons. The molecule has 0 spiro atoms. The normalized spacial score (nSPS) is 16.2. The number of nitrogens with one attached hydrogen (secondary N) is 1. The summed E-state index contributed by atoms with van der Waals surface area (Å²) in [7, 11) is -2.03. The second-order valence-electron chi connectivity index (χ2n) is 7.68. The number of nitrogens with zero attached hydrogens (tertiary/aromatic N) is 2. The van der Waals surface area contributed by atoms with Crippen LogP contribution in [0.3, 0.4) is 0 Å². The predicted molar refractivity (Wildman–Crippen MR) is 112 cm³/mol. The van der Waals surface area contributed by atoms with Crippen LogP contribution in [0.15, 0.2) is 23.1 Å². The van der Waals surface area contributed by atoms with Crippen LogP contribution in [0.5, 0.6) is 5.75 Å². The Balaban J connectivity index is 1.69. The van der Waals surface area contributed by atoms with Crippen molar-refractivity contribution in [2.24, 2.45) is 0 Å². The highest BCUT2D eigenvalue weighted by Gasteiger charge is 2.31. The first-order valence-corrected chi connectivity index (χ1v) is 11.1. The van der Waals surface area contributed by atoms with Gasteiger partial charge in [-0.15, -0.1) is 0 Å². The van der Waals surface area contributed by atoms with Gasteiger partial charge in [0.25, 0.3) is 0 Å². The molecule has 2 aromatic rings. The third kappa shape index (κ3) is 4.39. The Hall–Kier alpha value is -2.16. The first-order chi connectivity index (χ1) is 13.6. The molecule has 0 saturated carbocycles. The molecule has 0 unspecified atom stereocenters. The first kappa shape index (κ1) is 21.5. The molecule has 1 saturated heterocycles. The highest BCUT2D eigenvalue weighted by Crippen LogP contribution is 2.28. The largest absolute Gasteiger partial charge is 0.497 e. The number of Topliss-reactive ketones (excluding diaryl/α,β-unsaturated/α-hetero) is 1. The minimum absolute atomic E-state index is 0.0602. The van der Waals surface area contributed by atoms with Gasteiger partial charge in [0, 0.05) is 43.1 Å². The maximum Gasteiger partial charge on any atom is 0.243 e. The summed E-state index contributed by atoms with van der Waals surface area (Å²) in [4.78, 5) is 18.1. The van der Waals surface area contributed by atoms with E-state index in [1.54, 1.807) is 33.1 Å². The van der Waals surface area contributed by atoms with E-state index in [1.165, 1.54) is 4.31 Å². The summed E-state index contributed by atoms with van der Waals surface area (Å²) < 4.78 is 33.2. The van der Waals surface area contributed by atoms with Crippen LogP contribution < -0.4 is 4.74 Å². The maximum absolute atomic E-state index is 13.2. The summed E-state index contributed by atoms with van der Waals surface area (Å²) in [6, 6.07) is 5.36. The third-order valence-corrected chi connectivity index (χ3v) is 7.62. The van der Waals surface area contributed by atoms with E-state index < -0.39 is 10.0 Å². The van der Waals surface area contributed by atoms with E-state index in [1.807, 2.05) is 24.8 Å². The summed E-state index contributed by atoms with van der Waals surface area (Å²) in [5.41, 5.74) is 3.91. The Bertz CT molecular complexity index is 996. The number of aromatic nitrogens is 1. The Morgan fingerprint density at radius 3 is 2.10 bits per heavy atom. The smallest absolute Gasteiger partial charge is 0.243 e. The van der Waals surface area contributed by atoms with Crippen LogP contribution in [-0.2, 0) is 10.0 Å². The molecule has 2 heterocycles. The van der Waals surface area contributed by atoms with E-state index in [4.69, 9.17) is 4.74 Å². The average molecular weight is 420 g/mol. The molecule has 0 radical (unpaired) electrons. The zero-order valence-corrected chi connectivity index (χ0v) is 18.5. The summed E-state index contributed by atoms with van der Waals surface area (Å²) in [6.45, 7) is 9.49. The molecule has 1 N–H and O–H groups in total. The lowest BCUT2D eigenvalue weighted by atomic mass is 10.1. The van der Waals surface area contributed by atoms with Crippen molar-refractivity contribution in [1.82, 2.24) is 14.2 Å². The summed E-state index contributed by atoms with van der Waals surface area (Å²) >= 11 is 0. The van der Waals surface area contributed by atoms with Gasteiger partial charge in [0.1, 0.15) is 5.75 Å². The summed E-state index contributed by atoms with van der Waals surface area (Å²) in [6.07, 6.45) is 0. The van der Waals surface area contributed by atoms with E-state index >= 15 is 0 Å². The van der Waals surface area contributed by atoms with Crippen molar-refractivity contribution in [3.8, 4) is 5.75 Å². The number of aryl methyl sites for hydroxylation is 4. The molecular weight excluding hydrogens is 390 g/mol. The number of ketones is 1. The van der Waals surface area contributed by atoms with Crippen LogP contribution in [0, 0.1) is 27.7 Å². The van der Waals surface area contributed by atoms with E-state index in [0.717, 1.165) is 11.4 Å². The van der Waals surface area contributed by atoms with Gasteiger partial charge in [-0.2, -0.15) is 4.31 Å². The van der Waals surface area contributed by atoms with Crippen LogP contribution in [0.4, 0.5) is 0 Å². The van der Waals surface area contributed by atoms with Crippen molar-refractivity contribution in [2.75, 3.05) is 39.8 Å². The fraction of sp³-hybridized carbons (Fsp3) is 0.476. The molecular formula is C21H29N3O4S. The molecule has 29 heavy (non-hydrogen) atoms. The monoisotopic (exact) mass is 419 g/mol. The maximum atomic E-state index is 13.2. The van der Waals surface area contributed by atoms with Crippen LogP contribution >= 0.6 is 0 Å². The summed E-state index contributed by atoms with van der Waals surface area (Å²) in [5, 5.41) is 0. The minimum Gasteiger partial charge on any atom is -0.497 e. The number of carbonyl (C=O) groups excluding carboxylic acids is 1. The Morgan fingerprint density at radius 1 is 1.03 bits per heavy atom. The first-order valence-electron chi connectivity index (χ1n) is 9.70. The van der Waals surface area contributed by atoms with Crippen molar-refractivity contribution < 1.29 is 17.9 Å². The molecule has 3 rings (SSSR count). The molecule has 1 aliphatic rings. The van der Waals surface area contributed by atoms with E-state index in [-0.39, 0.29) is 5.78 Å². The zero-order valence-electron chi connectivity index (χ0n) is 17.7. The zero-order chi connectivity index (χ0) is 21.3. The fourth-order valence-corrected chi connectivity index (χ4v) is 5.83. The molecule has 0 atom stereocenters. The molecule has 0 bridgehead atoms. The third-order valence-electron chi connectivity index (χ3n) is 5.42. The SMILES string of the molecule is COc1cc(C)c(S(=O)(=O)N2CCN(CC(=O)c3cc(C)[nH]c3C)CC2)c(C)c1. The lowest BCUT2D eigenvalue weighted by molar-refractivity contribution is 0.0901. The van der Waals surface area contributed by atoms with Gasteiger partial charge in [0.2, 0.25) is 10.0 Å². The lowest BCUT2D eigenvalue weighted by Crippen LogP contribution is -2.50. The molecule has 7 nitrogen and oxygen atoms in total. The standard InChI is InChI=1S/C21H29N3O4S/c1-14-10-18(28-5)11-15(2)21(14)29(26,27)24-8-6-23(7-9-24)13-20(25)19-12-16(3)22-17(19)4/h10-12,22H,6-9,13H2,1-5H3. The number of methoxy groups -OCH3 is 1. The van der Waals surface area contributed by atoms with Crippen molar-refractivity contribution in [1.29, 1.82) is 0 Å². The number of sulfonamides is 1. The molecule has 8 heteroatoms. The highest BCUT2D eigenvalue weighted by atomic mass is 32.2. The van der Waals surface area contributed by atoms with E-state index in [0.29, 0.717) is 60.1 Å². The molecule has 1 aromatic heterocycles. The Morgan fingerprint density at radius 2 is 1.62 bits per heavy atom. The van der Waals surface area contributed by atoms with Gasteiger partial charge in [-0.05, 0) is 57.0 Å².